The Balaban J connectivity index is 2.00. The predicted octanol–water partition coefficient (Wildman–Crippen LogP) is 1.40. The van der Waals surface area contributed by atoms with Gasteiger partial charge in [-0.25, -0.2) is 9.97 Å². The number of hydrogen-bond donors (Lipinski definition) is 1. The molecule has 1 saturated carbocycles. The van der Waals surface area contributed by atoms with Gasteiger partial charge in [-0.3, -0.25) is 14.8 Å². The number of aromatic nitrogens is 5. The Hall–Kier alpha value is -2.83. The molecule has 3 heterocycles. The molecule has 0 saturated heterocycles. The van der Waals surface area contributed by atoms with Crippen molar-refractivity contribution in [3.05, 3.63) is 36.3 Å². The van der Waals surface area contributed by atoms with Gasteiger partial charge < -0.3 is 10.3 Å². The third kappa shape index (κ3) is 1.93. The highest BCUT2D eigenvalue weighted by Crippen LogP contribution is 2.43. The van der Waals surface area contributed by atoms with Crippen LogP contribution in [-0.2, 0) is 7.05 Å². The molecule has 3 aromatic heterocycles. The van der Waals surface area contributed by atoms with Gasteiger partial charge in [0.15, 0.2) is 0 Å². The zero-order valence-corrected chi connectivity index (χ0v) is 12.0. The number of nitrogens with two attached hydrogens (primary N) is 1. The third-order valence-electron chi connectivity index (χ3n) is 3.91. The minimum atomic E-state index is -0.586. The van der Waals surface area contributed by atoms with Crippen molar-refractivity contribution >= 4 is 16.9 Å². The number of primary amides is 1. The second kappa shape index (κ2) is 4.59. The first-order chi connectivity index (χ1) is 10.6. The van der Waals surface area contributed by atoms with E-state index >= 15 is 0 Å². The van der Waals surface area contributed by atoms with Crippen LogP contribution in [0.2, 0.25) is 0 Å². The lowest BCUT2D eigenvalue weighted by Gasteiger charge is -2.09. The van der Waals surface area contributed by atoms with Crippen LogP contribution >= 0.6 is 0 Å². The van der Waals surface area contributed by atoms with Gasteiger partial charge in [-0.1, -0.05) is 0 Å². The van der Waals surface area contributed by atoms with E-state index in [9.17, 15) is 4.79 Å². The van der Waals surface area contributed by atoms with E-state index in [4.69, 9.17) is 5.73 Å². The molecule has 1 fully saturated rings. The van der Waals surface area contributed by atoms with E-state index in [0.717, 1.165) is 35.1 Å². The summed E-state index contributed by atoms with van der Waals surface area (Å²) in [4.78, 5) is 29.0. The molecule has 22 heavy (non-hydrogen) atoms. The van der Waals surface area contributed by atoms with Crippen molar-refractivity contribution < 1.29 is 4.79 Å². The first-order valence-electron chi connectivity index (χ1n) is 7.07. The van der Waals surface area contributed by atoms with Crippen molar-refractivity contribution in [2.45, 2.75) is 18.8 Å². The number of aryl methyl sites for hydroxylation is 1. The van der Waals surface area contributed by atoms with Gasteiger partial charge in [-0.2, -0.15) is 0 Å². The first kappa shape index (κ1) is 12.9. The highest BCUT2D eigenvalue weighted by molar-refractivity contribution is 5.94. The zero-order chi connectivity index (χ0) is 15.3. The van der Waals surface area contributed by atoms with Crippen LogP contribution in [0.15, 0.2) is 24.9 Å². The Morgan fingerprint density at radius 2 is 2.09 bits per heavy atom. The Labute approximate surface area is 126 Å². The summed E-state index contributed by atoms with van der Waals surface area (Å²) in [5, 5.41) is 0. The second-order valence-electron chi connectivity index (χ2n) is 5.54. The molecule has 4 rings (SSSR count). The molecule has 0 aromatic carbocycles. The van der Waals surface area contributed by atoms with Gasteiger partial charge in [0.05, 0.1) is 35.6 Å². The minimum Gasteiger partial charge on any atom is -0.364 e. The van der Waals surface area contributed by atoms with Gasteiger partial charge in [-0.05, 0) is 12.8 Å². The van der Waals surface area contributed by atoms with Gasteiger partial charge in [0.1, 0.15) is 11.2 Å². The van der Waals surface area contributed by atoms with E-state index in [1.165, 1.54) is 6.20 Å². The van der Waals surface area contributed by atoms with Crippen LogP contribution in [-0.4, -0.2) is 30.4 Å². The molecule has 7 nitrogen and oxygen atoms in total. The maximum Gasteiger partial charge on any atom is 0.268 e. The van der Waals surface area contributed by atoms with Crippen molar-refractivity contribution in [2.75, 3.05) is 0 Å². The number of hydrogen-bond acceptors (Lipinski definition) is 5. The highest BCUT2D eigenvalue weighted by Gasteiger charge is 2.30. The zero-order valence-electron chi connectivity index (χ0n) is 12.0. The summed E-state index contributed by atoms with van der Waals surface area (Å²) < 4.78 is 1.90. The molecule has 0 radical (unpaired) electrons. The van der Waals surface area contributed by atoms with E-state index in [1.807, 2.05) is 11.6 Å². The monoisotopic (exact) mass is 294 g/mol. The van der Waals surface area contributed by atoms with E-state index in [2.05, 4.69) is 19.9 Å². The Kier molecular flexibility index (Phi) is 2.69. The van der Waals surface area contributed by atoms with Crippen LogP contribution < -0.4 is 5.73 Å². The van der Waals surface area contributed by atoms with Gasteiger partial charge >= 0.3 is 0 Å². The van der Waals surface area contributed by atoms with Crippen LogP contribution in [0.5, 0.6) is 0 Å². The van der Waals surface area contributed by atoms with Gasteiger partial charge in [-0.15, -0.1) is 0 Å². The highest BCUT2D eigenvalue weighted by atomic mass is 16.1. The molecule has 1 amide bonds. The molecule has 0 unspecified atom stereocenters. The summed E-state index contributed by atoms with van der Waals surface area (Å²) in [6.07, 6.45) is 8.83. The fraction of sp³-hybridized carbons (Fsp3) is 0.267. The van der Waals surface area contributed by atoms with Crippen LogP contribution in [0.3, 0.4) is 0 Å². The number of carbonyl (C=O) groups is 1. The average molecular weight is 294 g/mol. The molecule has 3 aromatic rings. The van der Waals surface area contributed by atoms with Crippen molar-refractivity contribution in [3.63, 3.8) is 0 Å². The Morgan fingerprint density at radius 3 is 2.82 bits per heavy atom. The number of rotatable bonds is 3. The smallest absolute Gasteiger partial charge is 0.268 e. The van der Waals surface area contributed by atoms with E-state index in [0.29, 0.717) is 11.6 Å². The van der Waals surface area contributed by atoms with E-state index in [1.54, 1.807) is 18.7 Å². The SMILES string of the molecule is Cn1cnc2c(-c3nc(C(N)=O)cnc3C3CC3)cncc21. The summed E-state index contributed by atoms with van der Waals surface area (Å²) in [5.74, 6) is -0.194. The molecule has 1 aliphatic rings. The van der Waals surface area contributed by atoms with Crippen molar-refractivity contribution in [1.82, 2.24) is 24.5 Å². The molecular formula is C15H14N6O. The number of fused-ring (bicyclic) bond motifs is 1. The van der Waals surface area contributed by atoms with Crippen LogP contribution in [0, 0.1) is 0 Å². The quantitative estimate of drug-likeness (QED) is 0.787. The lowest BCUT2D eigenvalue weighted by atomic mass is 10.1. The summed E-state index contributed by atoms with van der Waals surface area (Å²) in [5.41, 5.74) is 9.55. The summed E-state index contributed by atoms with van der Waals surface area (Å²) in [6, 6.07) is 0. The maximum absolute atomic E-state index is 11.4. The van der Waals surface area contributed by atoms with Crippen LogP contribution in [0.4, 0.5) is 0 Å². The second-order valence-corrected chi connectivity index (χ2v) is 5.54. The Bertz CT molecular complexity index is 896. The van der Waals surface area contributed by atoms with Crippen molar-refractivity contribution in [2.24, 2.45) is 12.8 Å². The topological polar surface area (TPSA) is 99.6 Å². The number of nitrogens with zero attached hydrogens (tertiary/aromatic N) is 5. The largest absolute Gasteiger partial charge is 0.364 e. The minimum absolute atomic E-state index is 0.160. The Morgan fingerprint density at radius 1 is 1.27 bits per heavy atom. The maximum atomic E-state index is 11.4. The van der Waals surface area contributed by atoms with Crippen molar-refractivity contribution in [3.8, 4) is 11.3 Å². The molecular weight excluding hydrogens is 280 g/mol. The fourth-order valence-electron chi connectivity index (χ4n) is 2.59. The van der Waals surface area contributed by atoms with Crippen molar-refractivity contribution in [1.29, 1.82) is 0 Å². The van der Waals surface area contributed by atoms with Gasteiger partial charge in [0.25, 0.3) is 5.91 Å². The molecule has 7 heteroatoms. The lowest BCUT2D eigenvalue weighted by Crippen LogP contribution is -2.15. The van der Waals surface area contributed by atoms with E-state index in [-0.39, 0.29) is 5.69 Å². The number of pyridine rings is 1. The first-order valence-corrected chi connectivity index (χ1v) is 7.07. The molecule has 1 aliphatic carbocycles. The molecule has 110 valence electrons. The lowest BCUT2D eigenvalue weighted by molar-refractivity contribution is 0.0995. The third-order valence-corrected chi connectivity index (χ3v) is 3.91. The molecule has 0 atom stereocenters. The molecule has 2 N–H and O–H groups in total. The van der Waals surface area contributed by atoms with Gasteiger partial charge in [0.2, 0.25) is 0 Å². The number of amides is 1. The van der Waals surface area contributed by atoms with Crippen LogP contribution in [0.25, 0.3) is 22.3 Å². The molecule has 0 aliphatic heterocycles. The van der Waals surface area contributed by atoms with Gasteiger partial charge in [0, 0.05) is 24.7 Å². The number of imidazole rings is 1. The predicted molar refractivity (Wildman–Crippen MR) is 80.0 cm³/mol. The standard InChI is InChI=1S/C15H14N6O/c1-21-7-19-13-9(4-17-6-11(13)21)14-12(8-2-3-8)18-5-10(20-14)15(16)22/h4-8H,2-3H2,1H3,(H2,16,22). The molecule has 0 bridgehead atoms. The van der Waals surface area contributed by atoms with Crippen LogP contribution in [0.1, 0.15) is 34.9 Å². The van der Waals surface area contributed by atoms with E-state index < -0.39 is 5.91 Å². The number of carbonyl (C=O) groups excluding carboxylic acids is 1. The summed E-state index contributed by atoms with van der Waals surface area (Å²) >= 11 is 0. The summed E-state index contributed by atoms with van der Waals surface area (Å²) in [7, 11) is 1.91. The summed E-state index contributed by atoms with van der Waals surface area (Å²) in [6.45, 7) is 0. The fourth-order valence-corrected chi connectivity index (χ4v) is 2.59. The normalized spacial score (nSPS) is 14.4. The molecule has 0 spiro atoms. The average Bonchev–Trinajstić information content (AvgIpc) is 3.30.